The van der Waals surface area contributed by atoms with E-state index in [-0.39, 0.29) is 25.2 Å². The lowest BCUT2D eigenvalue weighted by Gasteiger charge is -2.44. The van der Waals surface area contributed by atoms with Gasteiger partial charge in [-0.15, -0.1) is 0 Å². The molecule has 0 spiro atoms. The lowest BCUT2D eigenvalue weighted by Crippen LogP contribution is -2.58. The third-order valence-corrected chi connectivity index (χ3v) is 3.99. The molecule has 8 heteroatoms. The maximum Gasteiger partial charge on any atom is 0.417 e. The van der Waals surface area contributed by atoms with Gasteiger partial charge < -0.3 is 14.9 Å². The molecule has 0 bridgehead atoms. The molecule has 1 heterocycles. The Kier molecular flexibility index (Phi) is 4.41. The van der Waals surface area contributed by atoms with Crippen molar-refractivity contribution in [3.05, 3.63) is 29.3 Å². The number of amides is 1. The van der Waals surface area contributed by atoms with E-state index in [0.29, 0.717) is 5.69 Å². The molecule has 0 aliphatic carbocycles. The Balaban J connectivity index is 2.36. The molecule has 1 aliphatic rings. The molecule has 1 aromatic carbocycles. The lowest BCUT2D eigenvalue weighted by molar-refractivity contribution is -0.137. The van der Waals surface area contributed by atoms with Crippen molar-refractivity contribution < 1.29 is 23.1 Å². The van der Waals surface area contributed by atoms with Crippen molar-refractivity contribution in [3.8, 4) is 6.07 Å². The average Bonchev–Trinajstić information content (AvgIpc) is 2.47. The van der Waals surface area contributed by atoms with Crippen LogP contribution in [0.4, 0.5) is 23.7 Å². The van der Waals surface area contributed by atoms with Crippen LogP contribution in [0.3, 0.4) is 0 Å². The molecule has 2 rings (SSSR count). The summed E-state index contributed by atoms with van der Waals surface area (Å²) in [5.74, 6) is 0. The van der Waals surface area contributed by atoms with Gasteiger partial charge in [0.1, 0.15) is 0 Å². The normalized spacial score (nSPS) is 21.9. The number of benzene rings is 1. The summed E-state index contributed by atoms with van der Waals surface area (Å²) in [5, 5.41) is 18.0. The molecule has 1 saturated heterocycles. The number of nitriles is 1. The third kappa shape index (κ3) is 3.33. The molecular formula is C15H16F3N3O2. The largest absolute Gasteiger partial charge is 0.465 e. The van der Waals surface area contributed by atoms with Crippen LogP contribution in [0.25, 0.3) is 0 Å². The molecule has 0 saturated carbocycles. The minimum absolute atomic E-state index is 0.206. The second-order valence-electron chi connectivity index (χ2n) is 5.62. The van der Waals surface area contributed by atoms with Crippen LogP contribution in [-0.2, 0) is 6.18 Å². The van der Waals surface area contributed by atoms with Crippen LogP contribution in [0.2, 0.25) is 0 Å². The SMILES string of the molecule is CC1CN(c2ccc(C#N)c(C(F)(F)F)c2)C(C)CN1C(=O)O. The molecule has 23 heavy (non-hydrogen) atoms. The summed E-state index contributed by atoms with van der Waals surface area (Å²) in [6.07, 6.45) is -5.65. The van der Waals surface area contributed by atoms with Crippen LogP contribution in [0, 0.1) is 11.3 Å². The molecule has 1 fully saturated rings. The van der Waals surface area contributed by atoms with Crippen LogP contribution < -0.4 is 4.90 Å². The van der Waals surface area contributed by atoms with Gasteiger partial charge in [-0.3, -0.25) is 0 Å². The second-order valence-corrected chi connectivity index (χ2v) is 5.62. The number of nitrogens with zero attached hydrogens (tertiary/aromatic N) is 3. The molecule has 1 N–H and O–H groups in total. The Morgan fingerprint density at radius 2 is 1.96 bits per heavy atom. The van der Waals surface area contributed by atoms with Gasteiger partial charge in [0.25, 0.3) is 0 Å². The van der Waals surface area contributed by atoms with Crippen molar-refractivity contribution in [2.75, 3.05) is 18.0 Å². The molecular weight excluding hydrogens is 311 g/mol. The molecule has 0 aromatic heterocycles. The zero-order valence-electron chi connectivity index (χ0n) is 12.6. The molecule has 124 valence electrons. The van der Waals surface area contributed by atoms with E-state index >= 15 is 0 Å². The molecule has 2 unspecified atom stereocenters. The minimum Gasteiger partial charge on any atom is -0.465 e. The Morgan fingerprint density at radius 3 is 2.48 bits per heavy atom. The number of rotatable bonds is 1. The van der Waals surface area contributed by atoms with E-state index in [1.165, 1.54) is 11.0 Å². The molecule has 5 nitrogen and oxygen atoms in total. The molecule has 2 atom stereocenters. The van der Waals surface area contributed by atoms with Crippen LogP contribution in [0.1, 0.15) is 25.0 Å². The smallest absolute Gasteiger partial charge is 0.417 e. The number of alkyl halides is 3. The highest BCUT2D eigenvalue weighted by Gasteiger charge is 2.36. The number of carboxylic acid groups (broad SMARTS) is 1. The van der Waals surface area contributed by atoms with Crippen LogP contribution in [0.15, 0.2) is 18.2 Å². The molecule has 0 radical (unpaired) electrons. The Bertz CT molecular complexity index is 654. The van der Waals surface area contributed by atoms with E-state index in [1.807, 2.05) is 0 Å². The third-order valence-electron chi connectivity index (χ3n) is 3.99. The molecule has 1 aliphatic heterocycles. The quantitative estimate of drug-likeness (QED) is 0.860. The number of carbonyl (C=O) groups is 1. The average molecular weight is 327 g/mol. The maximum absolute atomic E-state index is 13.1. The lowest BCUT2D eigenvalue weighted by atomic mass is 10.0. The van der Waals surface area contributed by atoms with Gasteiger partial charge in [0.05, 0.1) is 17.2 Å². The summed E-state index contributed by atoms with van der Waals surface area (Å²) in [7, 11) is 0. The first-order valence-electron chi connectivity index (χ1n) is 7.02. The van der Waals surface area contributed by atoms with Crippen LogP contribution in [0.5, 0.6) is 0 Å². The fourth-order valence-corrected chi connectivity index (χ4v) is 2.80. The summed E-state index contributed by atoms with van der Waals surface area (Å²) >= 11 is 0. The van der Waals surface area contributed by atoms with Gasteiger partial charge >= 0.3 is 12.3 Å². The van der Waals surface area contributed by atoms with E-state index in [1.54, 1.807) is 24.8 Å². The Hall–Kier alpha value is -2.43. The summed E-state index contributed by atoms with van der Waals surface area (Å²) in [6.45, 7) is 3.96. The number of hydrogen-bond acceptors (Lipinski definition) is 3. The first-order chi connectivity index (χ1) is 10.6. The van der Waals surface area contributed by atoms with Crippen molar-refractivity contribution in [3.63, 3.8) is 0 Å². The summed E-state index contributed by atoms with van der Waals surface area (Å²) < 4.78 is 39.2. The van der Waals surface area contributed by atoms with E-state index in [4.69, 9.17) is 10.4 Å². The molecule has 1 aromatic rings. The number of halogens is 3. The predicted molar refractivity (Wildman–Crippen MR) is 77.2 cm³/mol. The monoisotopic (exact) mass is 327 g/mol. The highest BCUT2D eigenvalue weighted by molar-refractivity contribution is 5.66. The number of hydrogen-bond donors (Lipinski definition) is 1. The van der Waals surface area contributed by atoms with E-state index in [2.05, 4.69) is 0 Å². The number of anilines is 1. The van der Waals surface area contributed by atoms with Crippen molar-refractivity contribution in [1.82, 2.24) is 4.90 Å². The standard InChI is InChI=1S/C15H16F3N3O2/c1-9-8-21(14(22)23)10(2)7-20(9)12-4-3-11(6-19)13(5-12)15(16,17)18/h3-5,9-10H,7-8H2,1-2H3,(H,22,23). The second kappa shape index (κ2) is 5.99. The van der Waals surface area contributed by atoms with E-state index in [9.17, 15) is 18.0 Å². The topological polar surface area (TPSA) is 67.6 Å². The predicted octanol–water partition coefficient (Wildman–Crippen LogP) is 3.15. The van der Waals surface area contributed by atoms with Crippen LogP contribution >= 0.6 is 0 Å². The van der Waals surface area contributed by atoms with Gasteiger partial charge in [0.15, 0.2) is 0 Å². The fourth-order valence-electron chi connectivity index (χ4n) is 2.80. The Morgan fingerprint density at radius 1 is 1.30 bits per heavy atom. The maximum atomic E-state index is 13.1. The van der Waals surface area contributed by atoms with E-state index in [0.717, 1.165) is 12.1 Å². The van der Waals surface area contributed by atoms with Crippen LogP contribution in [-0.4, -0.2) is 41.3 Å². The number of piperazine rings is 1. The van der Waals surface area contributed by atoms with E-state index < -0.39 is 23.4 Å². The van der Waals surface area contributed by atoms with Gasteiger partial charge in [0, 0.05) is 30.9 Å². The van der Waals surface area contributed by atoms with Crippen molar-refractivity contribution in [2.24, 2.45) is 0 Å². The highest BCUT2D eigenvalue weighted by atomic mass is 19.4. The van der Waals surface area contributed by atoms with Crippen molar-refractivity contribution in [2.45, 2.75) is 32.1 Å². The van der Waals surface area contributed by atoms with Gasteiger partial charge in [0.2, 0.25) is 0 Å². The Labute approximate surface area is 131 Å². The first-order valence-corrected chi connectivity index (χ1v) is 7.02. The fraction of sp³-hybridized carbons (Fsp3) is 0.467. The minimum atomic E-state index is -4.61. The van der Waals surface area contributed by atoms with Gasteiger partial charge in [-0.1, -0.05) is 0 Å². The summed E-state index contributed by atoms with van der Waals surface area (Å²) in [5.41, 5.74) is -1.06. The van der Waals surface area contributed by atoms with Gasteiger partial charge in [-0.2, -0.15) is 18.4 Å². The van der Waals surface area contributed by atoms with Gasteiger partial charge in [-0.25, -0.2) is 4.79 Å². The summed E-state index contributed by atoms with van der Waals surface area (Å²) in [6, 6.07) is 4.52. The zero-order chi connectivity index (χ0) is 17.4. The molecule has 1 amide bonds. The summed E-state index contributed by atoms with van der Waals surface area (Å²) in [4.78, 5) is 14.2. The zero-order valence-corrected chi connectivity index (χ0v) is 12.6. The first kappa shape index (κ1) is 16.9. The van der Waals surface area contributed by atoms with Gasteiger partial charge in [-0.05, 0) is 32.0 Å². The van der Waals surface area contributed by atoms with Crippen molar-refractivity contribution in [1.29, 1.82) is 5.26 Å². The van der Waals surface area contributed by atoms with Crippen molar-refractivity contribution >= 4 is 11.8 Å². The highest BCUT2D eigenvalue weighted by Crippen LogP contribution is 2.35.